The van der Waals surface area contributed by atoms with Crippen LogP contribution < -0.4 is 5.48 Å². The molecule has 5 heteroatoms. The molecule has 0 aliphatic rings. The molecule has 0 aliphatic carbocycles. The molecule has 0 aromatic carbocycles. The van der Waals surface area contributed by atoms with E-state index in [9.17, 15) is 14.4 Å². The Morgan fingerprint density at radius 2 is 1.85 bits per heavy atom. The van der Waals surface area contributed by atoms with Crippen LogP contribution in [0.25, 0.3) is 0 Å². The van der Waals surface area contributed by atoms with Crippen LogP contribution in [0.5, 0.6) is 0 Å². The van der Waals surface area contributed by atoms with Crippen molar-refractivity contribution in [2.45, 2.75) is 33.1 Å². The quantitative estimate of drug-likeness (QED) is 0.508. The standard InChI is InChI=1S/C8H13NO4/c1-3-5-7(11)9-13-8(12)6(10)4-2/h3-5H2,1-2H3,(H,9,11). The Balaban J connectivity index is 3.70. The lowest BCUT2D eigenvalue weighted by molar-refractivity contribution is -0.163. The number of Topliss-reactive ketones (excluding diaryl/α,β-unsaturated/α-hetero) is 1. The van der Waals surface area contributed by atoms with E-state index in [4.69, 9.17) is 0 Å². The van der Waals surface area contributed by atoms with Crippen molar-refractivity contribution in [3.05, 3.63) is 0 Å². The maximum atomic E-state index is 10.8. The number of nitrogens with one attached hydrogen (secondary N) is 1. The maximum Gasteiger partial charge on any atom is 0.398 e. The molecule has 74 valence electrons. The SMILES string of the molecule is CCCC(=O)NOC(=O)C(=O)CC. The highest BCUT2D eigenvalue weighted by Crippen LogP contribution is 1.88. The molecule has 0 unspecified atom stereocenters. The average molecular weight is 187 g/mol. The van der Waals surface area contributed by atoms with Gasteiger partial charge in [0.15, 0.2) is 0 Å². The zero-order valence-corrected chi connectivity index (χ0v) is 7.75. The predicted octanol–water partition coefficient (Wildman–Crippen LogP) is 0.340. The van der Waals surface area contributed by atoms with Crippen LogP contribution in [0.15, 0.2) is 0 Å². The van der Waals surface area contributed by atoms with Gasteiger partial charge in [0.05, 0.1) is 0 Å². The summed E-state index contributed by atoms with van der Waals surface area (Å²) in [4.78, 5) is 36.3. The van der Waals surface area contributed by atoms with Crippen molar-refractivity contribution in [1.29, 1.82) is 0 Å². The Morgan fingerprint density at radius 1 is 1.23 bits per heavy atom. The van der Waals surface area contributed by atoms with E-state index in [1.54, 1.807) is 0 Å². The Bertz CT molecular complexity index is 212. The predicted molar refractivity (Wildman–Crippen MR) is 44.4 cm³/mol. The monoisotopic (exact) mass is 187 g/mol. The lowest BCUT2D eigenvalue weighted by Gasteiger charge is -2.02. The molecule has 0 aromatic rings. The van der Waals surface area contributed by atoms with Crippen molar-refractivity contribution in [2.75, 3.05) is 0 Å². The first kappa shape index (κ1) is 11.6. The van der Waals surface area contributed by atoms with E-state index in [2.05, 4.69) is 4.84 Å². The van der Waals surface area contributed by atoms with Gasteiger partial charge in [-0.2, -0.15) is 5.48 Å². The molecule has 0 spiro atoms. The normalized spacial score (nSPS) is 9.08. The van der Waals surface area contributed by atoms with E-state index < -0.39 is 17.7 Å². The summed E-state index contributed by atoms with van der Waals surface area (Å²) in [5.41, 5.74) is 1.89. The van der Waals surface area contributed by atoms with Crippen LogP contribution in [-0.4, -0.2) is 17.7 Å². The van der Waals surface area contributed by atoms with Gasteiger partial charge in [-0.3, -0.25) is 9.59 Å². The molecule has 1 N–H and O–H groups in total. The van der Waals surface area contributed by atoms with Crippen molar-refractivity contribution in [3.8, 4) is 0 Å². The molecule has 0 saturated carbocycles. The molecule has 13 heavy (non-hydrogen) atoms. The van der Waals surface area contributed by atoms with E-state index in [0.717, 1.165) is 0 Å². The van der Waals surface area contributed by atoms with Crippen molar-refractivity contribution < 1.29 is 19.2 Å². The number of amides is 1. The number of ketones is 1. The molecular weight excluding hydrogens is 174 g/mol. The van der Waals surface area contributed by atoms with Gasteiger partial charge in [0.2, 0.25) is 5.78 Å². The zero-order chi connectivity index (χ0) is 10.3. The van der Waals surface area contributed by atoms with Crippen LogP contribution in [0.2, 0.25) is 0 Å². The third-order valence-corrected chi connectivity index (χ3v) is 1.28. The van der Waals surface area contributed by atoms with Gasteiger partial charge in [-0.25, -0.2) is 4.79 Å². The number of hydroxylamine groups is 1. The van der Waals surface area contributed by atoms with Gasteiger partial charge in [0, 0.05) is 12.8 Å². The number of hydrogen-bond donors (Lipinski definition) is 1. The minimum atomic E-state index is -1.02. The van der Waals surface area contributed by atoms with E-state index >= 15 is 0 Å². The fourth-order valence-electron chi connectivity index (χ4n) is 0.583. The summed E-state index contributed by atoms with van der Waals surface area (Å²) in [6.07, 6.45) is 1.00. The Kier molecular flexibility index (Phi) is 5.50. The van der Waals surface area contributed by atoms with Crippen molar-refractivity contribution >= 4 is 17.7 Å². The molecular formula is C8H13NO4. The van der Waals surface area contributed by atoms with Gasteiger partial charge in [-0.1, -0.05) is 13.8 Å². The molecule has 0 aliphatic heterocycles. The Labute approximate surface area is 76.4 Å². The molecule has 0 radical (unpaired) electrons. The van der Waals surface area contributed by atoms with Gasteiger partial charge in [-0.15, -0.1) is 0 Å². The summed E-state index contributed by atoms with van der Waals surface area (Å²) in [6, 6.07) is 0. The number of rotatable bonds is 4. The van der Waals surface area contributed by atoms with Gasteiger partial charge in [0.1, 0.15) is 0 Å². The molecule has 5 nitrogen and oxygen atoms in total. The van der Waals surface area contributed by atoms with Gasteiger partial charge >= 0.3 is 5.97 Å². The minimum Gasteiger partial charge on any atom is -0.332 e. The second-order valence-electron chi connectivity index (χ2n) is 2.44. The highest BCUT2D eigenvalue weighted by molar-refractivity contribution is 6.33. The third kappa shape index (κ3) is 4.95. The summed E-state index contributed by atoms with van der Waals surface area (Å²) in [6.45, 7) is 3.36. The molecule has 0 bridgehead atoms. The van der Waals surface area contributed by atoms with Crippen LogP contribution in [0, 0.1) is 0 Å². The fraction of sp³-hybridized carbons (Fsp3) is 0.625. The minimum absolute atomic E-state index is 0.0719. The molecule has 0 aromatic heterocycles. The van der Waals surface area contributed by atoms with E-state index in [1.807, 2.05) is 12.4 Å². The third-order valence-electron chi connectivity index (χ3n) is 1.28. The number of hydrogen-bond acceptors (Lipinski definition) is 4. The zero-order valence-electron chi connectivity index (χ0n) is 7.75. The van der Waals surface area contributed by atoms with Crippen molar-refractivity contribution in [1.82, 2.24) is 5.48 Å². The second kappa shape index (κ2) is 6.16. The van der Waals surface area contributed by atoms with Gasteiger partial charge in [0.25, 0.3) is 5.91 Å². The first-order valence-corrected chi connectivity index (χ1v) is 4.14. The van der Waals surface area contributed by atoms with Crippen LogP contribution in [0.3, 0.4) is 0 Å². The topological polar surface area (TPSA) is 72.5 Å². The largest absolute Gasteiger partial charge is 0.398 e. The fourth-order valence-corrected chi connectivity index (χ4v) is 0.583. The summed E-state index contributed by atoms with van der Waals surface area (Å²) in [5.74, 6) is -2.08. The van der Waals surface area contributed by atoms with Crippen LogP contribution >= 0.6 is 0 Å². The molecule has 0 heterocycles. The lowest BCUT2D eigenvalue weighted by Crippen LogP contribution is -2.30. The summed E-state index contributed by atoms with van der Waals surface area (Å²) in [5, 5.41) is 0. The molecule has 0 saturated heterocycles. The van der Waals surface area contributed by atoms with Gasteiger partial charge in [-0.05, 0) is 6.42 Å². The summed E-state index contributed by atoms with van der Waals surface area (Å²) >= 11 is 0. The summed E-state index contributed by atoms with van der Waals surface area (Å²) in [7, 11) is 0. The Hall–Kier alpha value is -1.39. The summed E-state index contributed by atoms with van der Waals surface area (Å²) < 4.78 is 0. The highest BCUT2D eigenvalue weighted by atomic mass is 16.7. The first-order valence-electron chi connectivity index (χ1n) is 4.14. The number of carbonyl (C=O) groups is 3. The average Bonchev–Trinajstić information content (AvgIpc) is 2.13. The van der Waals surface area contributed by atoms with E-state index in [1.165, 1.54) is 6.92 Å². The molecule has 0 atom stereocenters. The van der Waals surface area contributed by atoms with E-state index in [-0.39, 0.29) is 12.8 Å². The second-order valence-corrected chi connectivity index (χ2v) is 2.44. The Morgan fingerprint density at radius 3 is 2.31 bits per heavy atom. The van der Waals surface area contributed by atoms with Crippen molar-refractivity contribution in [3.63, 3.8) is 0 Å². The van der Waals surface area contributed by atoms with Crippen molar-refractivity contribution in [2.24, 2.45) is 0 Å². The first-order chi connectivity index (χ1) is 6.11. The van der Waals surface area contributed by atoms with Crippen LogP contribution in [-0.2, 0) is 19.2 Å². The van der Waals surface area contributed by atoms with Gasteiger partial charge < -0.3 is 4.84 Å². The van der Waals surface area contributed by atoms with Crippen LogP contribution in [0.4, 0.5) is 0 Å². The van der Waals surface area contributed by atoms with Crippen LogP contribution in [0.1, 0.15) is 33.1 Å². The number of carbonyl (C=O) groups excluding carboxylic acids is 3. The maximum absolute atomic E-state index is 10.8. The highest BCUT2D eigenvalue weighted by Gasteiger charge is 2.13. The molecule has 0 fully saturated rings. The molecule has 0 rings (SSSR count). The molecule has 1 amide bonds. The van der Waals surface area contributed by atoms with E-state index in [0.29, 0.717) is 6.42 Å². The lowest BCUT2D eigenvalue weighted by atomic mass is 10.3. The smallest absolute Gasteiger partial charge is 0.332 e.